The van der Waals surface area contributed by atoms with Crippen molar-refractivity contribution in [1.82, 2.24) is 5.32 Å². The number of hydrogen-bond acceptors (Lipinski definition) is 3. The Morgan fingerprint density at radius 1 is 1.25 bits per heavy atom. The molecule has 1 saturated carbocycles. The summed E-state index contributed by atoms with van der Waals surface area (Å²) in [5.41, 5.74) is 1.36. The van der Waals surface area contributed by atoms with Crippen LogP contribution >= 0.6 is 0 Å². The fourth-order valence-electron chi connectivity index (χ4n) is 5.90. The summed E-state index contributed by atoms with van der Waals surface area (Å²) < 4.78 is 12.2. The van der Waals surface area contributed by atoms with Crippen molar-refractivity contribution in [2.45, 2.75) is 97.6 Å². The van der Waals surface area contributed by atoms with Crippen molar-refractivity contribution in [3.63, 3.8) is 0 Å². The zero-order valence-corrected chi connectivity index (χ0v) is 18.5. The fraction of sp³-hybridized carbons (Fsp3) is 0.875. The van der Waals surface area contributed by atoms with Crippen LogP contribution in [0.2, 0.25) is 0 Å². The van der Waals surface area contributed by atoms with E-state index < -0.39 is 0 Å². The van der Waals surface area contributed by atoms with Crippen molar-refractivity contribution in [3.8, 4) is 0 Å². The molecular formula is C24H41NO3. The highest BCUT2D eigenvalue weighted by atomic mass is 16.6. The summed E-state index contributed by atoms with van der Waals surface area (Å²) in [4.78, 5) is 12.4. The predicted molar refractivity (Wildman–Crippen MR) is 113 cm³/mol. The maximum Gasteiger partial charge on any atom is 0.407 e. The lowest BCUT2D eigenvalue weighted by Crippen LogP contribution is -2.57. The molecule has 1 aliphatic heterocycles. The molecule has 1 amide bonds. The third-order valence-corrected chi connectivity index (χ3v) is 7.85. The van der Waals surface area contributed by atoms with E-state index in [1.165, 1.54) is 44.1 Å². The minimum absolute atomic E-state index is 0.102. The minimum Gasteiger partial charge on any atom is -0.449 e. The number of nitrogens with one attached hydrogen (secondary N) is 1. The van der Waals surface area contributed by atoms with Gasteiger partial charge in [0.05, 0.1) is 12.7 Å². The summed E-state index contributed by atoms with van der Waals surface area (Å²) in [7, 11) is 0. The van der Waals surface area contributed by atoms with E-state index in [0.717, 1.165) is 19.3 Å². The van der Waals surface area contributed by atoms with E-state index in [-0.39, 0.29) is 11.5 Å². The van der Waals surface area contributed by atoms with Gasteiger partial charge < -0.3 is 14.8 Å². The molecule has 28 heavy (non-hydrogen) atoms. The van der Waals surface area contributed by atoms with E-state index in [1.54, 1.807) is 0 Å². The Kier molecular flexibility index (Phi) is 7.47. The zero-order valence-electron chi connectivity index (χ0n) is 18.5. The monoisotopic (exact) mass is 391 g/mol. The summed E-state index contributed by atoms with van der Waals surface area (Å²) in [6.07, 6.45) is 13.3. The van der Waals surface area contributed by atoms with Crippen molar-refractivity contribution >= 4 is 6.09 Å². The molecule has 4 nitrogen and oxygen atoms in total. The van der Waals surface area contributed by atoms with E-state index in [4.69, 9.17) is 9.47 Å². The van der Waals surface area contributed by atoms with Crippen LogP contribution in [0, 0.1) is 23.2 Å². The van der Waals surface area contributed by atoms with E-state index in [2.05, 4.69) is 39.1 Å². The van der Waals surface area contributed by atoms with Gasteiger partial charge in [-0.15, -0.1) is 0 Å². The normalized spacial score (nSPS) is 35.9. The van der Waals surface area contributed by atoms with E-state index in [1.807, 2.05) is 0 Å². The number of amides is 1. The average Bonchev–Trinajstić information content (AvgIpc) is 2.67. The largest absolute Gasteiger partial charge is 0.449 e. The van der Waals surface area contributed by atoms with Crippen LogP contribution in [0.4, 0.5) is 4.79 Å². The van der Waals surface area contributed by atoms with Gasteiger partial charge in [0.15, 0.2) is 0 Å². The lowest BCUT2D eigenvalue weighted by Gasteiger charge is -2.55. The van der Waals surface area contributed by atoms with E-state index in [0.29, 0.717) is 43.1 Å². The summed E-state index contributed by atoms with van der Waals surface area (Å²) in [5.74, 6) is 1.28. The Morgan fingerprint density at radius 3 is 2.71 bits per heavy atom. The van der Waals surface area contributed by atoms with Gasteiger partial charge in [-0.05, 0) is 38.0 Å². The van der Waals surface area contributed by atoms with E-state index >= 15 is 0 Å². The summed E-state index contributed by atoms with van der Waals surface area (Å²) in [6, 6.07) is 0.292. The third kappa shape index (κ3) is 4.58. The number of unbranched alkanes of at least 4 members (excludes halogenated alkanes) is 2. The maximum absolute atomic E-state index is 12.4. The maximum atomic E-state index is 12.4. The molecule has 2 fully saturated rings. The number of alkyl carbamates (subject to hydrolysis) is 1. The Labute approximate surface area is 171 Å². The molecule has 0 aromatic rings. The Hall–Kier alpha value is -1.03. The van der Waals surface area contributed by atoms with Gasteiger partial charge in [0.1, 0.15) is 6.61 Å². The number of rotatable bonds is 7. The molecule has 1 N–H and O–H groups in total. The summed E-state index contributed by atoms with van der Waals surface area (Å²) in [6.45, 7) is 10.3. The second kappa shape index (κ2) is 9.65. The highest BCUT2D eigenvalue weighted by Gasteiger charge is 2.53. The topological polar surface area (TPSA) is 47.6 Å². The fourth-order valence-corrected chi connectivity index (χ4v) is 5.90. The molecular weight excluding hydrogens is 350 g/mol. The summed E-state index contributed by atoms with van der Waals surface area (Å²) >= 11 is 0. The van der Waals surface area contributed by atoms with Crippen molar-refractivity contribution in [2.75, 3.05) is 13.2 Å². The number of ether oxygens (including phenoxy) is 2. The number of hydrogen-bond donors (Lipinski definition) is 1. The molecule has 160 valence electrons. The highest BCUT2D eigenvalue weighted by Crippen LogP contribution is 2.53. The molecule has 0 aromatic heterocycles. The Morgan fingerprint density at radius 2 is 2.00 bits per heavy atom. The second-order valence-electron chi connectivity index (χ2n) is 9.65. The second-order valence-corrected chi connectivity index (χ2v) is 9.65. The lowest BCUT2D eigenvalue weighted by atomic mass is 9.56. The Bertz CT molecular complexity index is 554. The molecule has 0 spiro atoms. The molecule has 2 aliphatic carbocycles. The standard InChI is InChI=1S/C24H41NO3/c1-5-6-8-13-21-22-17(2)14-18(3)24(15-27-21,19(22)4)16-28-23(26)25-20-11-9-7-10-12-20/h14,18-22H,5-13,15-16H2,1-4H3,(H,25,26)/t18-,19-,21-,22-,24+/m0/s1. The number of carbonyl (C=O) groups is 1. The van der Waals surface area contributed by atoms with Gasteiger partial charge in [-0.25, -0.2) is 4.79 Å². The van der Waals surface area contributed by atoms with Crippen LogP contribution in [0.5, 0.6) is 0 Å². The first-order valence-corrected chi connectivity index (χ1v) is 11.7. The average molecular weight is 392 g/mol. The van der Waals surface area contributed by atoms with Gasteiger partial charge in [-0.3, -0.25) is 0 Å². The van der Waals surface area contributed by atoms with Crippen molar-refractivity contribution in [3.05, 3.63) is 11.6 Å². The van der Waals surface area contributed by atoms with Crippen LogP contribution < -0.4 is 5.32 Å². The van der Waals surface area contributed by atoms with Crippen molar-refractivity contribution in [2.24, 2.45) is 23.2 Å². The predicted octanol–water partition coefficient (Wildman–Crippen LogP) is 5.86. The molecule has 3 rings (SSSR count). The van der Waals surface area contributed by atoms with Crippen LogP contribution in [0.25, 0.3) is 0 Å². The molecule has 2 bridgehead atoms. The lowest BCUT2D eigenvalue weighted by molar-refractivity contribution is -0.165. The van der Waals surface area contributed by atoms with Gasteiger partial charge in [-0.1, -0.05) is 70.9 Å². The number of fused-ring (bicyclic) bond motifs is 2. The SMILES string of the molecule is CCCCC[C@@H]1OC[C@@]2(COC(=O)NC3CCCCC3)[C@@H](C)C=C(C)[C@H]1[C@@H]2C. The number of allylic oxidation sites excluding steroid dienone is 1. The van der Waals surface area contributed by atoms with Gasteiger partial charge in [-0.2, -0.15) is 0 Å². The van der Waals surface area contributed by atoms with Gasteiger partial charge >= 0.3 is 6.09 Å². The van der Waals surface area contributed by atoms with Crippen LogP contribution in [0.15, 0.2) is 11.6 Å². The van der Waals surface area contributed by atoms with Crippen LogP contribution in [-0.4, -0.2) is 31.5 Å². The third-order valence-electron chi connectivity index (χ3n) is 7.85. The van der Waals surface area contributed by atoms with Crippen molar-refractivity contribution in [1.29, 1.82) is 0 Å². The quantitative estimate of drug-likeness (QED) is 0.437. The van der Waals surface area contributed by atoms with E-state index in [9.17, 15) is 4.79 Å². The minimum atomic E-state index is -0.242. The van der Waals surface area contributed by atoms with Crippen LogP contribution in [-0.2, 0) is 9.47 Å². The first kappa shape index (κ1) is 21.7. The van der Waals surface area contributed by atoms with Crippen molar-refractivity contribution < 1.29 is 14.3 Å². The molecule has 0 unspecified atom stereocenters. The first-order chi connectivity index (χ1) is 13.5. The summed E-state index contributed by atoms with van der Waals surface area (Å²) in [5, 5.41) is 3.09. The van der Waals surface area contributed by atoms with Gasteiger partial charge in [0.2, 0.25) is 0 Å². The molecule has 3 aliphatic rings. The van der Waals surface area contributed by atoms with Crippen LogP contribution in [0.3, 0.4) is 0 Å². The molecule has 1 saturated heterocycles. The first-order valence-electron chi connectivity index (χ1n) is 11.7. The molecule has 5 atom stereocenters. The molecule has 4 heteroatoms. The Balaban J connectivity index is 1.62. The highest BCUT2D eigenvalue weighted by molar-refractivity contribution is 5.67. The number of carbonyl (C=O) groups excluding carboxylic acids is 1. The smallest absolute Gasteiger partial charge is 0.407 e. The molecule has 0 aromatic carbocycles. The molecule has 0 radical (unpaired) electrons. The van der Waals surface area contributed by atoms with Gasteiger partial charge in [0.25, 0.3) is 0 Å². The van der Waals surface area contributed by atoms with Gasteiger partial charge in [0, 0.05) is 17.4 Å². The zero-order chi connectivity index (χ0) is 20.1. The van der Waals surface area contributed by atoms with Crippen LogP contribution in [0.1, 0.15) is 85.5 Å². The molecule has 1 heterocycles.